The molecule has 1 fully saturated rings. The highest BCUT2D eigenvalue weighted by Crippen LogP contribution is 2.36. The number of nitrogen functional groups attached to an aromatic ring is 1. The van der Waals surface area contributed by atoms with Crippen molar-refractivity contribution in [2.75, 3.05) is 50.4 Å². The number of piperazine rings is 1. The van der Waals surface area contributed by atoms with Gasteiger partial charge in [-0.3, -0.25) is 4.79 Å². The topological polar surface area (TPSA) is 92.2 Å². The van der Waals surface area contributed by atoms with Crippen LogP contribution in [0.3, 0.4) is 0 Å². The van der Waals surface area contributed by atoms with Crippen molar-refractivity contribution < 1.29 is 27.1 Å². The highest BCUT2D eigenvalue weighted by molar-refractivity contribution is 5.96. The molecule has 0 bridgehead atoms. The molecule has 1 aromatic heterocycles. The zero-order valence-electron chi connectivity index (χ0n) is 21.4. The van der Waals surface area contributed by atoms with Crippen LogP contribution in [0.4, 0.5) is 24.5 Å². The van der Waals surface area contributed by atoms with E-state index in [4.69, 9.17) is 10.2 Å². The van der Waals surface area contributed by atoms with Gasteiger partial charge in [-0.2, -0.15) is 0 Å². The third kappa shape index (κ3) is 4.78. The summed E-state index contributed by atoms with van der Waals surface area (Å²) < 4.78 is 48.0. The Hall–Kier alpha value is -3.73. The Morgan fingerprint density at radius 2 is 1.76 bits per heavy atom. The second-order valence-corrected chi connectivity index (χ2v) is 9.96. The monoisotopic (exact) mass is 530 g/mol. The summed E-state index contributed by atoms with van der Waals surface area (Å²) in [6.07, 6.45) is -4.53. The van der Waals surface area contributed by atoms with E-state index in [-0.39, 0.29) is 17.8 Å². The molecule has 11 heteroatoms. The second kappa shape index (κ2) is 9.54. The predicted molar refractivity (Wildman–Crippen MR) is 138 cm³/mol. The van der Waals surface area contributed by atoms with Gasteiger partial charge in [0, 0.05) is 54.9 Å². The number of carbonyl (C=O) groups excluding carboxylic acids is 1. The summed E-state index contributed by atoms with van der Waals surface area (Å²) in [5.41, 5.74) is 9.58. The third-order valence-corrected chi connectivity index (χ3v) is 7.40. The molecule has 0 radical (unpaired) electrons. The van der Waals surface area contributed by atoms with Gasteiger partial charge in [0.25, 0.3) is 5.91 Å². The minimum atomic E-state index is -4.94. The molecule has 202 valence electrons. The minimum absolute atomic E-state index is 0.00895. The van der Waals surface area contributed by atoms with Crippen molar-refractivity contribution in [3.8, 4) is 5.75 Å². The van der Waals surface area contributed by atoms with E-state index in [1.165, 1.54) is 17.0 Å². The Morgan fingerprint density at radius 1 is 1.05 bits per heavy atom. The van der Waals surface area contributed by atoms with Gasteiger partial charge < -0.3 is 29.6 Å². The number of halogens is 3. The maximum absolute atomic E-state index is 13.2. The van der Waals surface area contributed by atoms with Crippen LogP contribution < -0.4 is 21.0 Å². The number of hydrogen-bond acceptors (Lipinski definition) is 7. The quantitative estimate of drug-likeness (QED) is 0.406. The lowest BCUT2D eigenvalue weighted by Gasteiger charge is -2.35. The number of nitrogens with two attached hydrogens (primary N) is 1. The number of benzene rings is 2. The maximum atomic E-state index is 13.2. The Morgan fingerprint density at radius 3 is 2.45 bits per heavy atom. The number of fused-ring (bicyclic) bond motifs is 3. The maximum Gasteiger partial charge on any atom is 0.573 e. The molecule has 38 heavy (non-hydrogen) atoms. The largest absolute Gasteiger partial charge is 0.573 e. The van der Waals surface area contributed by atoms with Crippen LogP contribution in [-0.4, -0.2) is 61.8 Å². The van der Waals surface area contributed by atoms with E-state index in [2.05, 4.69) is 27.7 Å². The van der Waals surface area contributed by atoms with Crippen LogP contribution in [0.15, 0.2) is 33.5 Å². The summed E-state index contributed by atoms with van der Waals surface area (Å²) >= 11 is 0. The summed E-state index contributed by atoms with van der Waals surface area (Å²) in [7, 11) is 2.09. The van der Waals surface area contributed by atoms with Gasteiger partial charge in [-0.1, -0.05) is 0 Å². The van der Waals surface area contributed by atoms with Crippen molar-refractivity contribution in [1.82, 2.24) is 9.80 Å². The number of anilines is 2. The Labute approximate surface area is 217 Å². The molecule has 2 N–H and O–H groups in total. The molecule has 3 aromatic rings. The van der Waals surface area contributed by atoms with Crippen LogP contribution >= 0.6 is 0 Å². The predicted octanol–water partition coefficient (Wildman–Crippen LogP) is 3.84. The van der Waals surface area contributed by atoms with Crippen LogP contribution in [0, 0.1) is 13.8 Å². The molecule has 3 heterocycles. The van der Waals surface area contributed by atoms with Crippen LogP contribution in [0.2, 0.25) is 0 Å². The van der Waals surface area contributed by atoms with E-state index in [0.717, 1.165) is 60.0 Å². The summed E-state index contributed by atoms with van der Waals surface area (Å²) in [6, 6.07) is 5.64. The molecule has 1 amide bonds. The molecule has 8 nitrogen and oxygen atoms in total. The molecule has 2 aliphatic heterocycles. The molecule has 2 aromatic carbocycles. The Kier molecular flexibility index (Phi) is 6.50. The minimum Gasteiger partial charge on any atom is -0.422 e. The number of hydrogen-bond donors (Lipinski definition) is 1. The average Bonchev–Trinajstić information content (AvgIpc) is 2.86. The summed E-state index contributed by atoms with van der Waals surface area (Å²) in [5.74, 6) is -1.17. The first-order chi connectivity index (χ1) is 17.9. The molecule has 0 aliphatic carbocycles. The molecule has 0 unspecified atom stereocenters. The first-order valence-electron chi connectivity index (χ1n) is 12.4. The lowest BCUT2D eigenvalue weighted by atomic mass is 9.92. The van der Waals surface area contributed by atoms with E-state index in [1.54, 1.807) is 0 Å². The van der Waals surface area contributed by atoms with Crippen molar-refractivity contribution >= 4 is 28.3 Å². The Balaban J connectivity index is 1.47. The van der Waals surface area contributed by atoms with Crippen molar-refractivity contribution in [1.29, 1.82) is 0 Å². The summed E-state index contributed by atoms with van der Waals surface area (Å²) in [5, 5.41) is 0.885. The fraction of sp³-hybridized carbons (Fsp3) is 0.407. The lowest BCUT2D eigenvalue weighted by molar-refractivity contribution is -0.274. The average molecular weight is 531 g/mol. The zero-order chi connectivity index (χ0) is 27.4. The molecule has 0 saturated carbocycles. The Bertz CT molecular complexity index is 1480. The van der Waals surface area contributed by atoms with Crippen LogP contribution in [0.5, 0.6) is 5.75 Å². The van der Waals surface area contributed by atoms with Gasteiger partial charge in [-0.15, -0.1) is 13.2 Å². The second-order valence-electron chi connectivity index (χ2n) is 9.96. The fourth-order valence-electron chi connectivity index (χ4n) is 5.36. The van der Waals surface area contributed by atoms with Crippen LogP contribution in [0.1, 0.15) is 32.6 Å². The van der Waals surface area contributed by atoms with Crippen LogP contribution in [-0.2, 0) is 13.0 Å². The number of carbonyl (C=O) groups is 1. The first-order valence-corrected chi connectivity index (χ1v) is 12.4. The number of ether oxygens (including phenoxy) is 1. The summed E-state index contributed by atoms with van der Waals surface area (Å²) in [6.45, 7) is 7.91. The van der Waals surface area contributed by atoms with Crippen molar-refractivity contribution in [3.05, 3.63) is 62.5 Å². The number of aryl methyl sites for hydroxylation is 2. The fourth-order valence-corrected chi connectivity index (χ4v) is 5.36. The van der Waals surface area contributed by atoms with Gasteiger partial charge in [0.2, 0.25) is 0 Å². The highest BCUT2D eigenvalue weighted by atomic mass is 19.4. The van der Waals surface area contributed by atoms with E-state index >= 15 is 0 Å². The normalized spacial score (nSPS) is 16.6. The highest BCUT2D eigenvalue weighted by Gasteiger charge is 2.33. The van der Waals surface area contributed by atoms with Crippen molar-refractivity contribution in [2.24, 2.45) is 0 Å². The molecule has 0 spiro atoms. The van der Waals surface area contributed by atoms with Crippen molar-refractivity contribution in [2.45, 2.75) is 33.2 Å². The van der Waals surface area contributed by atoms with Gasteiger partial charge >= 0.3 is 12.0 Å². The molecule has 5 rings (SSSR count). The molecule has 0 atom stereocenters. The zero-order valence-corrected chi connectivity index (χ0v) is 21.4. The number of nitrogens with zero attached hydrogens (tertiary/aromatic N) is 3. The molecule has 1 saturated heterocycles. The standard InChI is InChI=1S/C27H29F3N4O4/c1-15-12-21(33-10-8-32(3)9-11-33)16(2)24-23(15)18-6-7-34(14-19(18)26(36)37-24)25(35)17-4-5-20(31)22(13-17)38-27(28,29)30/h4-5,12-13H,6-11,14,31H2,1-3H3. The number of likely N-dealkylation sites (N-methyl/N-ethyl adjacent to an activating group) is 1. The van der Waals surface area contributed by atoms with E-state index in [0.29, 0.717) is 24.1 Å². The summed E-state index contributed by atoms with van der Waals surface area (Å²) in [4.78, 5) is 32.3. The van der Waals surface area contributed by atoms with Crippen LogP contribution in [0.25, 0.3) is 11.0 Å². The molecule has 2 aliphatic rings. The van der Waals surface area contributed by atoms with E-state index < -0.39 is 23.6 Å². The van der Waals surface area contributed by atoms with Crippen molar-refractivity contribution in [3.63, 3.8) is 0 Å². The number of alkyl halides is 3. The lowest BCUT2D eigenvalue weighted by Crippen LogP contribution is -2.44. The van der Waals surface area contributed by atoms with Gasteiger partial charge in [0.05, 0.1) is 17.8 Å². The van der Waals surface area contributed by atoms with E-state index in [9.17, 15) is 22.8 Å². The van der Waals surface area contributed by atoms with E-state index in [1.807, 2.05) is 13.8 Å². The number of rotatable bonds is 3. The first kappa shape index (κ1) is 25.9. The van der Waals surface area contributed by atoms with Gasteiger partial charge in [0.15, 0.2) is 5.75 Å². The van der Waals surface area contributed by atoms with Gasteiger partial charge in [-0.05, 0) is 62.7 Å². The number of amides is 1. The smallest absolute Gasteiger partial charge is 0.422 e. The molecular formula is C27H29F3N4O4. The molecular weight excluding hydrogens is 501 g/mol. The van der Waals surface area contributed by atoms with Gasteiger partial charge in [-0.25, -0.2) is 4.79 Å². The third-order valence-electron chi connectivity index (χ3n) is 7.40. The van der Waals surface area contributed by atoms with Gasteiger partial charge in [0.1, 0.15) is 5.58 Å². The SMILES string of the molecule is Cc1c(N2CCN(C)CC2)cc(C)c2c3c(c(=O)oc12)CN(C(=O)c1ccc(N)c(OC(F)(F)F)c1)CC3.